The van der Waals surface area contributed by atoms with Crippen LogP contribution in [0.3, 0.4) is 0 Å². The molecule has 1 aliphatic heterocycles. The van der Waals surface area contributed by atoms with E-state index in [1.54, 1.807) is 0 Å². The third-order valence-electron chi connectivity index (χ3n) is 3.58. The van der Waals surface area contributed by atoms with E-state index in [1.807, 2.05) is 24.3 Å². The molecular formula is C15H23NO4S. The van der Waals surface area contributed by atoms with Gasteiger partial charge in [0.15, 0.2) is 9.84 Å². The molecule has 2 N–H and O–H groups in total. The molecule has 2 rings (SSSR count). The monoisotopic (exact) mass is 313 g/mol. The third kappa shape index (κ3) is 4.69. The predicted octanol–water partition coefficient (Wildman–Crippen LogP) is 0.764. The first-order valence-corrected chi connectivity index (χ1v) is 9.09. The highest BCUT2D eigenvalue weighted by atomic mass is 32.2. The number of sulfone groups is 1. The predicted molar refractivity (Wildman–Crippen MR) is 82.4 cm³/mol. The van der Waals surface area contributed by atoms with E-state index in [0.717, 1.165) is 13.0 Å². The van der Waals surface area contributed by atoms with Gasteiger partial charge in [0.25, 0.3) is 0 Å². The average molecular weight is 313 g/mol. The number of hydrogen-bond donors (Lipinski definition) is 2. The van der Waals surface area contributed by atoms with Gasteiger partial charge in [-0.05, 0) is 37.6 Å². The normalized spacial score (nSPS) is 25.7. The van der Waals surface area contributed by atoms with Gasteiger partial charge < -0.3 is 15.2 Å². The zero-order valence-electron chi connectivity index (χ0n) is 12.5. The van der Waals surface area contributed by atoms with Crippen molar-refractivity contribution in [2.24, 2.45) is 0 Å². The standard InChI is InChI=1S/C15H23NO4S/c1-3-16-11(2)8-12-4-6-13(7-5-12)20-15-10-21(18,19)9-14(15)17/h4-7,11,14-17H,3,8-10H2,1-2H3. The van der Waals surface area contributed by atoms with E-state index in [2.05, 4.69) is 19.2 Å². The van der Waals surface area contributed by atoms with E-state index in [4.69, 9.17) is 4.74 Å². The molecule has 1 aromatic rings. The molecule has 3 atom stereocenters. The van der Waals surface area contributed by atoms with Crippen LogP contribution in [0.2, 0.25) is 0 Å². The fraction of sp³-hybridized carbons (Fsp3) is 0.600. The van der Waals surface area contributed by atoms with Crippen molar-refractivity contribution in [1.29, 1.82) is 0 Å². The van der Waals surface area contributed by atoms with E-state index < -0.39 is 22.0 Å². The van der Waals surface area contributed by atoms with Crippen LogP contribution in [0.25, 0.3) is 0 Å². The molecule has 6 heteroatoms. The SMILES string of the molecule is CCNC(C)Cc1ccc(OC2CS(=O)(=O)CC2O)cc1. The van der Waals surface area contributed by atoms with Gasteiger partial charge in [-0.3, -0.25) is 0 Å². The Morgan fingerprint density at radius 1 is 1.33 bits per heavy atom. The second kappa shape index (κ2) is 6.77. The quantitative estimate of drug-likeness (QED) is 0.811. The van der Waals surface area contributed by atoms with Crippen molar-refractivity contribution in [3.63, 3.8) is 0 Å². The van der Waals surface area contributed by atoms with Crippen molar-refractivity contribution in [2.75, 3.05) is 18.1 Å². The second-order valence-electron chi connectivity index (χ2n) is 5.61. The van der Waals surface area contributed by atoms with Crippen molar-refractivity contribution in [3.8, 4) is 5.75 Å². The van der Waals surface area contributed by atoms with Crippen molar-refractivity contribution in [1.82, 2.24) is 5.32 Å². The Morgan fingerprint density at radius 3 is 2.52 bits per heavy atom. The molecule has 21 heavy (non-hydrogen) atoms. The minimum absolute atomic E-state index is 0.118. The summed E-state index contributed by atoms with van der Waals surface area (Å²) in [6, 6.07) is 8.00. The molecular weight excluding hydrogens is 290 g/mol. The van der Waals surface area contributed by atoms with E-state index >= 15 is 0 Å². The van der Waals surface area contributed by atoms with Gasteiger partial charge in [-0.25, -0.2) is 8.42 Å². The Balaban J connectivity index is 1.94. The Labute approximate surface area is 126 Å². The zero-order valence-corrected chi connectivity index (χ0v) is 13.3. The van der Waals surface area contributed by atoms with Crippen molar-refractivity contribution < 1.29 is 18.3 Å². The van der Waals surface area contributed by atoms with Crippen LogP contribution in [0, 0.1) is 0 Å². The van der Waals surface area contributed by atoms with Crippen LogP contribution in [0.4, 0.5) is 0 Å². The minimum atomic E-state index is -3.18. The molecule has 3 unspecified atom stereocenters. The number of aliphatic hydroxyl groups excluding tert-OH is 1. The molecule has 1 aliphatic rings. The van der Waals surface area contributed by atoms with Crippen molar-refractivity contribution in [2.45, 2.75) is 38.5 Å². The Bertz CT molecular complexity index is 556. The molecule has 1 heterocycles. The maximum atomic E-state index is 11.4. The lowest BCUT2D eigenvalue weighted by atomic mass is 10.1. The first-order chi connectivity index (χ1) is 9.89. The number of rotatable bonds is 6. The first kappa shape index (κ1) is 16.3. The number of benzene rings is 1. The first-order valence-electron chi connectivity index (χ1n) is 7.27. The number of aliphatic hydroxyl groups is 1. The van der Waals surface area contributed by atoms with Gasteiger partial charge in [0.2, 0.25) is 0 Å². The van der Waals surface area contributed by atoms with Gasteiger partial charge in [0.05, 0.1) is 11.5 Å². The molecule has 0 amide bonds. The second-order valence-corrected chi connectivity index (χ2v) is 7.76. The van der Waals surface area contributed by atoms with Crippen LogP contribution in [0.1, 0.15) is 19.4 Å². The van der Waals surface area contributed by atoms with Crippen LogP contribution in [-0.4, -0.2) is 49.8 Å². The Kier molecular flexibility index (Phi) is 5.24. The topological polar surface area (TPSA) is 75.6 Å². The number of likely N-dealkylation sites (N-methyl/N-ethyl adjacent to an activating group) is 1. The van der Waals surface area contributed by atoms with Crippen LogP contribution >= 0.6 is 0 Å². The molecule has 1 aromatic carbocycles. The van der Waals surface area contributed by atoms with Gasteiger partial charge in [-0.15, -0.1) is 0 Å². The van der Waals surface area contributed by atoms with Crippen LogP contribution in [0.5, 0.6) is 5.75 Å². The summed E-state index contributed by atoms with van der Waals surface area (Å²) in [6.45, 7) is 5.15. The van der Waals surface area contributed by atoms with Gasteiger partial charge in [0, 0.05) is 6.04 Å². The van der Waals surface area contributed by atoms with E-state index in [-0.39, 0.29) is 11.5 Å². The molecule has 0 saturated carbocycles. The summed E-state index contributed by atoms with van der Waals surface area (Å²) < 4.78 is 28.4. The average Bonchev–Trinajstić information content (AvgIpc) is 2.65. The van der Waals surface area contributed by atoms with Gasteiger partial charge in [-0.1, -0.05) is 19.1 Å². The third-order valence-corrected chi connectivity index (χ3v) is 5.26. The fourth-order valence-corrected chi connectivity index (χ4v) is 4.22. The molecule has 118 valence electrons. The summed E-state index contributed by atoms with van der Waals surface area (Å²) in [6.07, 6.45) is -0.681. The van der Waals surface area contributed by atoms with E-state index in [1.165, 1.54) is 5.56 Å². The summed E-state index contributed by atoms with van der Waals surface area (Å²) >= 11 is 0. The Hall–Kier alpha value is -1.11. The number of hydrogen-bond acceptors (Lipinski definition) is 5. The molecule has 0 aromatic heterocycles. The van der Waals surface area contributed by atoms with Crippen LogP contribution in [0.15, 0.2) is 24.3 Å². The summed E-state index contributed by atoms with van der Waals surface area (Å²) in [4.78, 5) is 0. The molecule has 0 aliphatic carbocycles. The summed E-state index contributed by atoms with van der Waals surface area (Å²) in [7, 11) is -3.18. The van der Waals surface area contributed by atoms with Gasteiger partial charge in [0.1, 0.15) is 18.0 Å². The Morgan fingerprint density at radius 2 is 2.00 bits per heavy atom. The molecule has 1 fully saturated rings. The summed E-state index contributed by atoms with van der Waals surface area (Å²) in [5, 5.41) is 13.1. The summed E-state index contributed by atoms with van der Waals surface area (Å²) in [5.74, 6) is 0.263. The lowest BCUT2D eigenvalue weighted by molar-refractivity contribution is 0.0738. The molecule has 0 radical (unpaired) electrons. The zero-order chi connectivity index (χ0) is 15.5. The fourth-order valence-electron chi connectivity index (χ4n) is 2.56. The van der Waals surface area contributed by atoms with Crippen molar-refractivity contribution >= 4 is 9.84 Å². The smallest absolute Gasteiger partial charge is 0.156 e. The molecule has 0 bridgehead atoms. The highest BCUT2D eigenvalue weighted by Crippen LogP contribution is 2.21. The number of ether oxygens (including phenoxy) is 1. The largest absolute Gasteiger partial charge is 0.487 e. The van der Waals surface area contributed by atoms with Crippen LogP contribution in [-0.2, 0) is 16.3 Å². The van der Waals surface area contributed by atoms with Crippen LogP contribution < -0.4 is 10.1 Å². The minimum Gasteiger partial charge on any atom is -0.487 e. The molecule has 1 saturated heterocycles. The summed E-state index contributed by atoms with van der Waals surface area (Å²) in [5.41, 5.74) is 1.19. The lowest BCUT2D eigenvalue weighted by Crippen LogP contribution is -2.29. The maximum absolute atomic E-state index is 11.4. The van der Waals surface area contributed by atoms with E-state index in [9.17, 15) is 13.5 Å². The molecule has 5 nitrogen and oxygen atoms in total. The van der Waals surface area contributed by atoms with Crippen molar-refractivity contribution in [3.05, 3.63) is 29.8 Å². The van der Waals surface area contributed by atoms with E-state index in [0.29, 0.717) is 11.8 Å². The number of nitrogens with one attached hydrogen (secondary N) is 1. The van der Waals surface area contributed by atoms with Gasteiger partial charge in [-0.2, -0.15) is 0 Å². The lowest BCUT2D eigenvalue weighted by Gasteiger charge is -2.16. The maximum Gasteiger partial charge on any atom is 0.156 e. The highest BCUT2D eigenvalue weighted by molar-refractivity contribution is 7.91. The van der Waals surface area contributed by atoms with Gasteiger partial charge >= 0.3 is 0 Å². The molecule has 0 spiro atoms. The highest BCUT2D eigenvalue weighted by Gasteiger charge is 2.38.